The number of halogens is 1. The zero-order valence-electron chi connectivity index (χ0n) is 19.8. The van der Waals surface area contributed by atoms with Crippen LogP contribution in [0.2, 0.25) is 5.02 Å². The molecule has 0 spiro atoms. The van der Waals surface area contributed by atoms with Crippen molar-refractivity contribution in [1.29, 1.82) is 0 Å². The molecule has 0 unspecified atom stereocenters. The van der Waals surface area contributed by atoms with Gasteiger partial charge in [0.25, 0.3) is 5.89 Å². The highest BCUT2D eigenvalue weighted by Crippen LogP contribution is 2.39. The lowest BCUT2D eigenvalue weighted by Gasteiger charge is -2.16. The van der Waals surface area contributed by atoms with E-state index in [1.54, 1.807) is 18.3 Å². The zero-order valence-corrected chi connectivity index (χ0v) is 20.6. The van der Waals surface area contributed by atoms with E-state index in [2.05, 4.69) is 34.3 Å². The summed E-state index contributed by atoms with van der Waals surface area (Å²) in [6.07, 6.45) is 1.87. The van der Waals surface area contributed by atoms with Gasteiger partial charge < -0.3 is 29.5 Å². The number of hydrogen-bond donors (Lipinski definition) is 3. The predicted octanol–water partition coefficient (Wildman–Crippen LogP) is 3.29. The molecule has 0 saturated heterocycles. The van der Waals surface area contributed by atoms with E-state index in [0.717, 1.165) is 23.2 Å². The number of nitrogens with zero attached hydrogens (tertiary/aromatic N) is 3. The van der Waals surface area contributed by atoms with Gasteiger partial charge in [-0.1, -0.05) is 30.6 Å². The monoisotopic (exact) mass is 490 g/mol. The summed E-state index contributed by atoms with van der Waals surface area (Å²) < 4.78 is 16.6. The Morgan fingerprint density at radius 1 is 1.21 bits per heavy atom. The molecule has 0 radical (unpaired) electrons. The Morgan fingerprint density at radius 2 is 2.00 bits per heavy atom. The van der Waals surface area contributed by atoms with Crippen LogP contribution in [0.1, 0.15) is 25.1 Å². The summed E-state index contributed by atoms with van der Waals surface area (Å²) in [5.41, 5.74) is 3.46. The highest BCUT2D eigenvalue weighted by molar-refractivity contribution is 6.32. The van der Waals surface area contributed by atoms with Gasteiger partial charge in [-0.15, -0.1) is 0 Å². The van der Waals surface area contributed by atoms with Crippen molar-refractivity contribution < 1.29 is 24.2 Å². The Labute approximate surface area is 204 Å². The average Bonchev–Trinajstić information content (AvgIpc) is 3.29. The van der Waals surface area contributed by atoms with Gasteiger partial charge in [-0.25, -0.2) is 0 Å². The highest BCUT2D eigenvalue weighted by Gasteiger charge is 2.19. The number of ether oxygens (including phenoxy) is 2. The van der Waals surface area contributed by atoms with Gasteiger partial charge in [-0.05, 0) is 43.0 Å². The summed E-state index contributed by atoms with van der Waals surface area (Å²) in [4.78, 5) is 9.07. The summed E-state index contributed by atoms with van der Waals surface area (Å²) in [7, 11) is 1.50. The van der Waals surface area contributed by atoms with Crippen LogP contribution in [0, 0.1) is 12.8 Å². The second-order valence-electron chi connectivity index (χ2n) is 8.39. The number of aliphatic hydroxyl groups is 2. The third-order valence-electron chi connectivity index (χ3n) is 5.04. The largest absolute Gasteiger partial charge is 0.493 e. The second-order valence-corrected chi connectivity index (χ2v) is 8.80. The van der Waals surface area contributed by atoms with Crippen LogP contribution in [0.15, 0.2) is 28.9 Å². The van der Waals surface area contributed by atoms with E-state index in [1.807, 2.05) is 13.0 Å². The molecule has 34 heavy (non-hydrogen) atoms. The summed E-state index contributed by atoms with van der Waals surface area (Å²) >= 11 is 6.45. The standard InChI is InChI=1S/C24H31ClN4O5/c1-14(2)7-20-15(3)8-17(11-27-20)24-28-23(29-34-24)16-9-19(25)22(21(10-16)32-4)33-13-18(31)12-26-5-6-30/h8-11,14,18,26,30-31H,5-7,12-13H2,1-4H3/t18-/m0/s1. The second kappa shape index (κ2) is 12.1. The molecule has 0 amide bonds. The Kier molecular flexibility index (Phi) is 9.23. The summed E-state index contributed by atoms with van der Waals surface area (Å²) in [5.74, 6) is 1.90. The molecule has 3 rings (SSSR count). The van der Waals surface area contributed by atoms with Crippen LogP contribution in [0.5, 0.6) is 11.5 Å². The Morgan fingerprint density at radius 3 is 2.68 bits per heavy atom. The minimum Gasteiger partial charge on any atom is -0.493 e. The molecule has 0 aliphatic rings. The highest BCUT2D eigenvalue weighted by atomic mass is 35.5. The van der Waals surface area contributed by atoms with Crippen molar-refractivity contribution in [1.82, 2.24) is 20.4 Å². The van der Waals surface area contributed by atoms with E-state index in [4.69, 9.17) is 30.7 Å². The number of hydrogen-bond acceptors (Lipinski definition) is 9. The molecule has 3 aromatic rings. The lowest BCUT2D eigenvalue weighted by atomic mass is 10.0. The molecule has 184 valence electrons. The van der Waals surface area contributed by atoms with Gasteiger partial charge in [0.1, 0.15) is 12.7 Å². The molecule has 3 N–H and O–H groups in total. The summed E-state index contributed by atoms with van der Waals surface area (Å²) in [5, 5.41) is 26.1. The minimum atomic E-state index is -0.782. The van der Waals surface area contributed by atoms with Crippen molar-refractivity contribution in [2.45, 2.75) is 33.3 Å². The van der Waals surface area contributed by atoms with Crippen molar-refractivity contribution in [2.75, 3.05) is 33.4 Å². The van der Waals surface area contributed by atoms with E-state index in [9.17, 15) is 5.11 Å². The van der Waals surface area contributed by atoms with Crippen LogP contribution in [0.25, 0.3) is 22.8 Å². The van der Waals surface area contributed by atoms with Gasteiger partial charge in [0.15, 0.2) is 11.5 Å². The van der Waals surface area contributed by atoms with E-state index >= 15 is 0 Å². The first kappa shape index (κ1) is 25.9. The molecule has 1 atom stereocenters. The quantitative estimate of drug-likeness (QED) is 0.328. The molecule has 10 heteroatoms. The maximum absolute atomic E-state index is 10.0. The molecule has 0 fully saturated rings. The fraction of sp³-hybridized carbons (Fsp3) is 0.458. The molecule has 1 aromatic carbocycles. The van der Waals surface area contributed by atoms with Crippen LogP contribution in [-0.4, -0.2) is 64.9 Å². The first-order chi connectivity index (χ1) is 16.3. The van der Waals surface area contributed by atoms with Crippen molar-refractivity contribution in [3.8, 4) is 34.3 Å². The molecular formula is C24H31ClN4O5. The number of rotatable bonds is 12. The third kappa shape index (κ3) is 6.66. The molecule has 0 bridgehead atoms. The van der Waals surface area contributed by atoms with Crippen LogP contribution >= 0.6 is 11.6 Å². The number of methoxy groups -OCH3 is 1. The van der Waals surface area contributed by atoms with Crippen molar-refractivity contribution in [3.05, 3.63) is 40.7 Å². The van der Waals surface area contributed by atoms with E-state index < -0.39 is 6.10 Å². The smallest absolute Gasteiger partial charge is 0.259 e. The van der Waals surface area contributed by atoms with Crippen molar-refractivity contribution in [2.24, 2.45) is 5.92 Å². The van der Waals surface area contributed by atoms with Gasteiger partial charge in [0.05, 0.1) is 24.3 Å². The fourth-order valence-corrected chi connectivity index (χ4v) is 3.62. The Balaban J connectivity index is 1.77. The first-order valence-corrected chi connectivity index (χ1v) is 11.5. The van der Waals surface area contributed by atoms with Crippen LogP contribution < -0.4 is 14.8 Å². The van der Waals surface area contributed by atoms with Crippen LogP contribution in [-0.2, 0) is 6.42 Å². The van der Waals surface area contributed by atoms with E-state index in [0.29, 0.717) is 41.2 Å². The average molecular weight is 491 g/mol. The van der Waals surface area contributed by atoms with E-state index in [1.165, 1.54) is 7.11 Å². The maximum atomic E-state index is 10.0. The molecule has 0 aliphatic heterocycles. The normalized spacial score (nSPS) is 12.2. The van der Waals surface area contributed by atoms with Crippen molar-refractivity contribution >= 4 is 11.6 Å². The number of aromatic nitrogens is 3. The third-order valence-corrected chi connectivity index (χ3v) is 5.32. The van der Waals surface area contributed by atoms with Crippen LogP contribution in [0.3, 0.4) is 0 Å². The van der Waals surface area contributed by atoms with Gasteiger partial charge in [0.2, 0.25) is 5.82 Å². The number of benzene rings is 1. The minimum absolute atomic E-state index is 0.000626. The molecule has 2 aromatic heterocycles. The lowest BCUT2D eigenvalue weighted by molar-refractivity contribution is 0.103. The SMILES string of the molecule is COc1cc(-c2noc(-c3cnc(CC(C)C)c(C)c3)n2)cc(Cl)c1OC[C@@H](O)CNCCO. The lowest BCUT2D eigenvalue weighted by Crippen LogP contribution is -2.33. The maximum Gasteiger partial charge on any atom is 0.259 e. The topological polar surface area (TPSA) is 123 Å². The number of aryl methyl sites for hydroxylation is 1. The Hall–Kier alpha value is -2.72. The van der Waals surface area contributed by atoms with Gasteiger partial charge in [-0.2, -0.15) is 4.98 Å². The summed E-state index contributed by atoms with van der Waals surface area (Å²) in [6.45, 7) is 7.00. The zero-order chi connectivity index (χ0) is 24.7. The van der Waals surface area contributed by atoms with E-state index in [-0.39, 0.29) is 24.8 Å². The molecular weight excluding hydrogens is 460 g/mol. The van der Waals surface area contributed by atoms with Gasteiger partial charge in [0, 0.05) is 30.5 Å². The molecule has 9 nitrogen and oxygen atoms in total. The first-order valence-electron chi connectivity index (χ1n) is 11.1. The van der Waals surface area contributed by atoms with Gasteiger partial charge >= 0.3 is 0 Å². The molecule has 0 saturated carbocycles. The number of nitrogens with one attached hydrogen (secondary N) is 1. The molecule has 0 aliphatic carbocycles. The number of pyridine rings is 1. The van der Waals surface area contributed by atoms with Crippen LogP contribution in [0.4, 0.5) is 0 Å². The van der Waals surface area contributed by atoms with Crippen molar-refractivity contribution in [3.63, 3.8) is 0 Å². The Bertz CT molecular complexity index is 1090. The molecule has 2 heterocycles. The summed E-state index contributed by atoms with van der Waals surface area (Å²) in [6, 6.07) is 5.34. The fourth-order valence-electron chi connectivity index (χ4n) is 3.35. The number of aliphatic hydroxyl groups excluding tert-OH is 2. The van der Waals surface area contributed by atoms with Gasteiger partial charge in [-0.3, -0.25) is 4.98 Å². The predicted molar refractivity (Wildman–Crippen MR) is 129 cm³/mol.